The molecule has 30 heavy (non-hydrogen) atoms. The maximum atomic E-state index is 13.5. The lowest BCUT2D eigenvalue weighted by molar-refractivity contribution is -0.148. The minimum absolute atomic E-state index is 0.00227. The van der Waals surface area contributed by atoms with Crippen LogP contribution in [0.5, 0.6) is 0 Å². The molecule has 1 atom stereocenters. The second kappa shape index (κ2) is 8.74. The van der Waals surface area contributed by atoms with Crippen LogP contribution in [0.15, 0.2) is 35.2 Å². The van der Waals surface area contributed by atoms with Crippen molar-refractivity contribution in [3.05, 3.63) is 58.1 Å². The van der Waals surface area contributed by atoms with Gasteiger partial charge in [-0.3, -0.25) is 0 Å². The predicted molar refractivity (Wildman–Crippen MR) is 105 cm³/mol. The van der Waals surface area contributed by atoms with Crippen molar-refractivity contribution >= 4 is 15.7 Å². The first-order valence-electron chi connectivity index (χ1n) is 8.74. The smallest absolute Gasteiger partial charge is 0.383 e. The zero-order chi connectivity index (χ0) is 22.7. The fraction of sp³-hybridized carbons (Fsp3) is 0.300. The summed E-state index contributed by atoms with van der Waals surface area (Å²) in [4.78, 5) is -0.188. The Morgan fingerprint density at radius 2 is 1.57 bits per heavy atom. The van der Waals surface area contributed by atoms with Crippen molar-refractivity contribution in [2.45, 2.75) is 37.9 Å². The number of halogens is 3. The predicted octanol–water partition coefficient (Wildman–Crippen LogP) is 3.68. The van der Waals surface area contributed by atoms with Crippen LogP contribution in [0.4, 0.5) is 18.9 Å². The quantitative estimate of drug-likeness (QED) is 0.719. The van der Waals surface area contributed by atoms with Crippen LogP contribution >= 0.6 is 0 Å². The second-order valence-corrected chi connectivity index (χ2v) is 8.46. The van der Waals surface area contributed by atoms with Gasteiger partial charge in [-0.15, -0.1) is 0 Å². The highest BCUT2D eigenvalue weighted by Gasteiger charge is 2.42. The molecule has 0 aliphatic carbocycles. The number of benzene rings is 2. The van der Waals surface area contributed by atoms with Crippen LogP contribution in [0, 0.1) is 43.4 Å². The number of hydrogen-bond donors (Lipinski definition) is 2. The SMILES string of the molecule is Cc1cc(C)c(S(=O)(=O)NC(CNc2ccc(C#N)c(C#N)c2)C(F)(F)F)c(C)c1. The number of nitrogens with one attached hydrogen (secondary N) is 2. The summed E-state index contributed by atoms with van der Waals surface area (Å²) < 4.78 is 67.8. The van der Waals surface area contributed by atoms with Gasteiger partial charge in [-0.1, -0.05) is 17.7 Å². The molecule has 1 unspecified atom stereocenters. The van der Waals surface area contributed by atoms with Crippen molar-refractivity contribution in [2.75, 3.05) is 11.9 Å². The van der Waals surface area contributed by atoms with Crippen molar-refractivity contribution in [2.24, 2.45) is 0 Å². The third-order valence-corrected chi connectivity index (χ3v) is 6.11. The molecule has 2 aromatic rings. The Bertz CT molecular complexity index is 1120. The molecule has 0 radical (unpaired) electrons. The molecule has 0 bridgehead atoms. The summed E-state index contributed by atoms with van der Waals surface area (Å²) in [6.07, 6.45) is -4.86. The molecule has 2 rings (SSSR count). The van der Waals surface area contributed by atoms with Crippen molar-refractivity contribution in [3.63, 3.8) is 0 Å². The van der Waals surface area contributed by atoms with E-state index in [1.807, 2.05) is 0 Å². The first-order valence-corrected chi connectivity index (χ1v) is 10.2. The fourth-order valence-electron chi connectivity index (χ4n) is 3.13. The second-order valence-electron chi connectivity index (χ2n) is 6.81. The lowest BCUT2D eigenvalue weighted by Gasteiger charge is -2.23. The maximum absolute atomic E-state index is 13.5. The summed E-state index contributed by atoms with van der Waals surface area (Å²) in [5.74, 6) is 0. The van der Waals surface area contributed by atoms with Crippen molar-refractivity contribution < 1.29 is 21.6 Å². The van der Waals surface area contributed by atoms with Crippen LogP contribution in [0.3, 0.4) is 0 Å². The third-order valence-electron chi connectivity index (χ3n) is 4.34. The Kier molecular flexibility index (Phi) is 6.76. The van der Waals surface area contributed by atoms with Crippen LogP contribution in [-0.2, 0) is 10.0 Å². The van der Waals surface area contributed by atoms with Gasteiger partial charge >= 0.3 is 6.18 Å². The average molecular weight is 436 g/mol. The fourth-order valence-corrected chi connectivity index (χ4v) is 4.80. The summed E-state index contributed by atoms with van der Waals surface area (Å²) in [6, 6.07) is 8.22. The van der Waals surface area contributed by atoms with E-state index in [9.17, 15) is 21.6 Å². The van der Waals surface area contributed by atoms with E-state index >= 15 is 0 Å². The van der Waals surface area contributed by atoms with Gasteiger partial charge in [0.15, 0.2) is 0 Å². The number of hydrogen-bond acceptors (Lipinski definition) is 5. The van der Waals surface area contributed by atoms with E-state index in [0.717, 1.165) is 5.56 Å². The van der Waals surface area contributed by atoms with Gasteiger partial charge in [-0.05, 0) is 50.1 Å². The van der Waals surface area contributed by atoms with Crippen LogP contribution in [0.1, 0.15) is 27.8 Å². The minimum Gasteiger partial charge on any atom is -0.383 e. The molecule has 6 nitrogen and oxygen atoms in total. The van der Waals surface area contributed by atoms with E-state index in [1.54, 1.807) is 35.9 Å². The number of nitriles is 2. The summed E-state index contributed by atoms with van der Waals surface area (Å²) in [7, 11) is -4.45. The van der Waals surface area contributed by atoms with Gasteiger partial charge in [0.1, 0.15) is 18.2 Å². The topological polar surface area (TPSA) is 106 Å². The summed E-state index contributed by atoms with van der Waals surface area (Å²) in [6.45, 7) is 4.01. The number of aryl methyl sites for hydroxylation is 3. The first kappa shape index (κ1) is 23.2. The lowest BCUT2D eigenvalue weighted by Crippen LogP contribution is -2.49. The standard InChI is InChI=1S/C20H19F3N4O2S/c1-12-6-13(2)19(14(3)7-12)30(28,29)27-18(20(21,22)23)11-26-17-5-4-15(9-24)16(8-17)10-25/h4-8,18,26-27H,11H2,1-3H3. The molecule has 0 amide bonds. The molecule has 0 spiro atoms. The molecule has 0 saturated heterocycles. The van der Waals surface area contributed by atoms with Crippen LogP contribution in [0.25, 0.3) is 0 Å². The van der Waals surface area contributed by atoms with Gasteiger partial charge in [0, 0.05) is 12.2 Å². The van der Waals surface area contributed by atoms with Gasteiger partial charge in [0.2, 0.25) is 10.0 Å². The molecule has 0 saturated carbocycles. The van der Waals surface area contributed by atoms with Crippen molar-refractivity contribution in [1.82, 2.24) is 4.72 Å². The van der Waals surface area contributed by atoms with Gasteiger partial charge in [0.05, 0.1) is 16.0 Å². The highest BCUT2D eigenvalue weighted by Crippen LogP contribution is 2.26. The Hall–Kier alpha value is -3.08. The molecular weight excluding hydrogens is 417 g/mol. The van der Waals surface area contributed by atoms with E-state index in [4.69, 9.17) is 10.5 Å². The largest absolute Gasteiger partial charge is 0.406 e. The molecule has 0 fully saturated rings. The molecular formula is C20H19F3N4O2S. The summed E-state index contributed by atoms with van der Waals surface area (Å²) in [5, 5.41) is 20.4. The lowest BCUT2D eigenvalue weighted by atomic mass is 10.1. The number of nitrogens with zero attached hydrogens (tertiary/aromatic N) is 2. The minimum atomic E-state index is -4.86. The van der Waals surface area contributed by atoms with E-state index in [1.165, 1.54) is 32.0 Å². The number of anilines is 1. The van der Waals surface area contributed by atoms with Crippen LogP contribution in [0.2, 0.25) is 0 Å². The number of rotatable bonds is 6. The molecule has 10 heteroatoms. The van der Waals surface area contributed by atoms with E-state index in [-0.39, 0.29) is 21.7 Å². The maximum Gasteiger partial charge on any atom is 0.406 e. The Morgan fingerprint density at radius 1 is 1.00 bits per heavy atom. The molecule has 0 aliphatic heterocycles. The average Bonchev–Trinajstić information content (AvgIpc) is 2.62. The van der Waals surface area contributed by atoms with E-state index in [0.29, 0.717) is 11.1 Å². The number of sulfonamides is 1. The Morgan fingerprint density at radius 3 is 2.07 bits per heavy atom. The van der Waals surface area contributed by atoms with Gasteiger partial charge in [-0.25, -0.2) is 8.42 Å². The van der Waals surface area contributed by atoms with Crippen molar-refractivity contribution in [3.8, 4) is 12.1 Å². The molecule has 0 aliphatic rings. The van der Waals surface area contributed by atoms with Crippen LogP contribution in [-0.4, -0.2) is 27.2 Å². The molecule has 0 aromatic heterocycles. The Balaban J connectivity index is 2.30. The molecule has 2 N–H and O–H groups in total. The molecule has 2 aromatic carbocycles. The monoisotopic (exact) mass is 436 g/mol. The van der Waals surface area contributed by atoms with Gasteiger partial charge in [-0.2, -0.15) is 28.4 Å². The van der Waals surface area contributed by atoms with E-state index < -0.39 is 28.8 Å². The normalized spacial score (nSPS) is 12.7. The highest BCUT2D eigenvalue weighted by molar-refractivity contribution is 7.89. The zero-order valence-electron chi connectivity index (χ0n) is 16.4. The summed E-state index contributed by atoms with van der Waals surface area (Å²) >= 11 is 0. The molecule has 158 valence electrons. The zero-order valence-corrected chi connectivity index (χ0v) is 17.2. The van der Waals surface area contributed by atoms with Crippen LogP contribution < -0.4 is 10.0 Å². The third kappa shape index (κ3) is 5.29. The van der Waals surface area contributed by atoms with Gasteiger partial charge < -0.3 is 5.32 Å². The summed E-state index contributed by atoms with van der Waals surface area (Å²) in [5.41, 5.74) is 1.73. The first-order chi connectivity index (χ1) is 13.9. The van der Waals surface area contributed by atoms with Crippen molar-refractivity contribution in [1.29, 1.82) is 10.5 Å². The highest BCUT2D eigenvalue weighted by atomic mass is 32.2. The molecule has 0 heterocycles. The van der Waals surface area contributed by atoms with Gasteiger partial charge in [0.25, 0.3) is 0 Å². The van der Waals surface area contributed by atoms with E-state index in [2.05, 4.69) is 5.32 Å². The number of alkyl halides is 3. The Labute approximate surface area is 173 Å².